The topological polar surface area (TPSA) is 85.2 Å². The van der Waals surface area contributed by atoms with Gasteiger partial charge < -0.3 is 15.0 Å². The van der Waals surface area contributed by atoms with Crippen molar-refractivity contribution in [2.45, 2.75) is 19.5 Å². The molecule has 122 valence electrons. The number of amides is 1. The van der Waals surface area contributed by atoms with Crippen LogP contribution in [-0.4, -0.2) is 52.0 Å². The molecular formula is C15H20N6O2. The number of hydrogen-bond donors (Lipinski definition) is 1. The lowest BCUT2D eigenvalue weighted by Crippen LogP contribution is -2.38. The second-order valence-electron chi connectivity index (χ2n) is 5.35. The van der Waals surface area contributed by atoms with Crippen LogP contribution in [0.5, 0.6) is 0 Å². The molecule has 2 aromatic rings. The van der Waals surface area contributed by atoms with Gasteiger partial charge in [0.25, 0.3) is 0 Å². The van der Waals surface area contributed by atoms with Gasteiger partial charge in [-0.15, -0.1) is 0 Å². The highest BCUT2D eigenvalue weighted by atomic mass is 16.5. The number of hydrogen-bond acceptors (Lipinski definition) is 6. The van der Waals surface area contributed by atoms with Gasteiger partial charge in [0, 0.05) is 31.4 Å². The molecule has 3 heterocycles. The minimum atomic E-state index is -0.402. The summed E-state index contributed by atoms with van der Waals surface area (Å²) in [4.78, 5) is 22.8. The van der Waals surface area contributed by atoms with Crippen molar-refractivity contribution in [3.05, 3.63) is 36.5 Å². The Hall–Kier alpha value is -2.48. The first-order valence-corrected chi connectivity index (χ1v) is 7.64. The minimum Gasteiger partial charge on any atom is -0.378 e. The number of morpholine rings is 1. The van der Waals surface area contributed by atoms with Crippen molar-refractivity contribution in [2.75, 3.05) is 31.2 Å². The SMILES string of the molecule is C[C@@H](C(=O)NCc1cccnc1N1CCOCC1)n1cncn1. The van der Waals surface area contributed by atoms with Crippen molar-refractivity contribution in [1.82, 2.24) is 25.1 Å². The van der Waals surface area contributed by atoms with Crippen molar-refractivity contribution < 1.29 is 9.53 Å². The molecule has 8 heteroatoms. The van der Waals surface area contributed by atoms with E-state index in [1.165, 1.54) is 17.3 Å². The zero-order valence-electron chi connectivity index (χ0n) is 13.1. The predicted octanol–water partition coefficient (Wildman–Crippen LogP) is 0.387. The van der Waals surface area contributed by atoms with Gasteiger partial charge in [0.15, 0.2) is 0 Å². The maximum absolute atomic E-state index is 12.2. The Morgan fingerprint density at radius 2 is 2.26 bits per heavy atom. The summed E-state index contributed by atoms with van der Waals surface area (Å²) in [6.45, 7) is 5.24. The lowest BCUT2D eigenvalue weighted by atomic mass is 10.2. The van der Waals surface area contributed by atoms with E-state index in [1.54, 1.807) is 13.1 Å². The number of aromatic nitrogens is 4. The van der Waals surface area contributed by atoms with Crippen molar-refractivity contribution in [3.63, 3.8) is 0 Å². The number of ether oxygens (including phenoxy) is 1. The van der Waals surface area contributed by atoms with Crippen LogP contribution in [-0.2, 0) is 16.1 Å². The Morgan fingerprint density at radius 3 is 3.00 bits per heavy atom. The lowest BCUT2D eigenvalue weighted by molar-refractivity contribution is -0.124. The van der Waals surface area contributed by atoms with Crippen molar-refractivity contribution in [3.8, 4) is 0 Å². The first kappa shape index (κ1) is 15.4. The molecule has 23 heavy (non-hydrogen) atoms. The number of carbonyl (C=O) groups excluding carboxylic acids is 1. The second-order valence-corrected chi connectivity index (χ2v) is 5.35. The summed E-state index contributed by atoms with van der Waals surface area (Å²) >= 11 is 0. The predicted molar refractivity (Wildman–Crippen MR) is 83.8 cm³/mol. The molecule has 0 spiro atoms. The fourth-order valence-corrected chi connectivity index (χ4v) is 2.50. The molecule has 0 unspecified atom stereocenters. The van der Waals surface area contributed by atoms with Crippen LogP contribution >= 0.6 is 0 Å². The molecule has 1 N–H and O–H groups in total. The van der Waals surface area contributed by atoms with E-state index < -0.39 is 6.04 Å². The van der Waals surface area contributed by atoms with Crippen molar-refractivity contribution >= 4 is 11.7 Å². The third-order valence-corrected chi connectivity index (χ3v) is 3.84. The summed E-state index contributed by atoms with van der Waals surface area (Å²) in [5.74, 6) is 0.803. The molecule has 1 atom stereocenters. The summed E-state index contributed by atoms with van der Waals surface area (Å²) < 4.78 is 6.91. The van der Waals surface area contributed by atoms with Crippen LogP contribution in [0.3, 0.4) is 0 Å². The Bertz CT molecular complexity index is 639. The number of pyridine rings is 1. The van der Waals surface area contributed by atoms with E-state index >= 15 is 0 Å². The average Bonchev–Trinajstić information content (AvgIpc) is 3.14. The summed E-state index contributed by atoms with van der Waals surface area (Å²) in [7, 11) is 0. The van der Waals surface area contributed by atoms with Crippen molar-refractivity contribution in [1.29, 1.82) is 0 Å². The van der Waals surface area contributed by atoms with Crippen LogP contribution < -0.4 is 10.2 Å². The van der Waals surface area contributed by atoms with Gasteiger partial charge in [0.05, 0.1) is 13.2 Å². The highest BCUT2D eigenvalue weighted by Crippen LogP contribution is 2.18. The van der Waals surface area contributed by atoms with E-state index in [-0.39, 0.29) is 5.91 Å². The second kappa shape index (κ2) is 7.19. The molecule has 0 saturated carbocycles. The number of carbonyl (C=O) groups is 1. The van der Waals surface area contributed by atoms with Crippen LogP contribution in [0.25, 0.3) is 0 Å². The first-order chi connectivity index (χ1) is 11.3. The standard InChI is InChI=1S/C15H20N6O2/c1-12(21-11-16-10-19-21)15(22)18-9-13-3-2-4-17-14(13)20-5-7-23-8-6-20/h2-4,10-12H,5-9H2,1H3,(H,18,22)/t12-/m0/s1. The van der Waals surface area contributed by atoms with Gasteiger partial charge in [-0.25, -0.2) is 14.6 Å². The van der Waals surface area contributed by atoms with Crippen LogP contribution in [0.2, 0.25) is 0 Å². The van der Waals surface area contributed by atoms with E-state index in [4.69, 9.17) is 4.74 Å². The number of anilines is 1. The van der Waals surface area contributed by atoms with Gasteiger partial charge in [0.2, 0.25) is 5.91 Å². The zero-order chi connectivity index (χ0) is 16.1. The average molecular weight is 316 g/mol. The molecule has 0 bridgehead atoms. The number of rotatable bonds is 5. The fraction of sp³-hybridized carbons (Fsp3) is 0.467. The largest absolute Gasteiger partial charge is 0.378 e. The van der Waals surface area contributed by atoms with Crippen LogP contribution in [0.15, 0.2) is 31.0 Å². The Morgan fingerprint density at radius 1 is 1.43 bits per heavy atom. The summed E-state index contributed by atoms with van der Waals surface area (Å²) in [6.07, 6.45) is 4.73. The third kappa shape index (κ3) is 3.65. The van der Waals surface area contributed by atoms with Gasteiger partial charge >= 0.3 is 0 Å². The van der Waals surface area contributed by atoms with E-state index in [9.17, 15) is 4.79 Å². The Kier molecular flexibility index (Phi) is 4.82. The molecule has 0 aromatic carbocycles. The molecule has 1 aliphatic rings. The maximum Gasteiger partial charge on any atom is 0.244 e. The van der Waals surface area contributed by atoms with Crippen LogP contribution in [0, 0.1) is 0 Å². The highest BCUT2D eigenvalue weighted by molar-refractivity contribution is 5.79. The van der Waals surface area contributed by atoms with Gasteiger partial charge in [-0.05, 0) is 13.0 Å². The summed E-state index contributed by atoms with van der Waals surface area (Å²) in [6, 6.07) is 3.46. The zero-order valence-corrected chi connectivity index (χ0v) is 13.1. The Labute approximate surface area is 134 Å². The maximum atomic E-state index is 12.2. The number of nitrogens with zero attached hydrogens (tertiary/aromatic N) is 5. The minimum absolute atomic E-state index is 0.104. The van der Waals surface area contributed by atoms with Gasteiger partial charge in [0.1, 0.15) is 24.5 Å². The van der Waals surface area contributed by atoms with Gasteiger partial charge in [-0.1, -0.05) is 6.07 Å². The van der Waals surface area contributed by atoms with Gasteiger partial charge in [-0.2, -0.15) is 5.10 Å². The van der Waals surface area contributed by atoms with Crippen LogP contribution in [0.4, 0.5) is 5.82 Å². The Balaban J connectivity index is 1.65. The first-order valence-electron chi connectivity index (χ1n) is 7.64. The fourth-order valence-electron chi connectivity index (χ4n) is 2.50. The molecule has 1 saturated heterocycles. The molecule has 0 radical (unpaired) electrons. The van der Waals surface area contributed by atoms with E-state index in [0.717, 1.165) is 24.5 Å². The highest BCUT2D eigenvalue weighted by Gasteiger charge is 2.18. The smallest absolute Gasteiger partial charge is 0.244 e. The van der Waals surface area contributed by atoms with E-state index in [2.05, 4.69) is 25.3 Å². The summed E-state index contributed by atoms with van der Waals surface area (Å²) in [5.41, 5.74) is 0.994. The van der Waals surface area contributed by atoms with Gasteiger partial charge in [-0.3, -0.25) is 4.79 Å². The lowest BCUT2D eigenvalue weighted by Gasteiger charge is -2.29. The third-order valence-electron chi connectivity index (χ3n) is 3.84. The van der Waals surface area contributed by atoms with E-state index in [1.807, 2.05) is 12.1 Å². The number of nitrogens with one attached hydrogen (secondary N) is 1. The molecule has 0 aliphatic carbocycles. The van der Waals surface area contributed by atoms with Crippen molar-refractivity contribution in [2.24, 2.45) is 0 Å². The molecule has 3 rings (SSSR count). The molecular weight excluding hydrogens is 296 g/mol. The van der Waals surface area contributed by atoms with E-state index in [0.29, 0.717) is 19.8 Å². The normalized spacial score (nSPS) is 16.1. The quantitative estimate of drug-likeness (QED) is 0.859. The summed E-state index contributed by atoms with van der Waals surface area (Å²) in [5, 5.41) is 6.93. The molecule has 2 aromatic heterocycles. The molecule has 8 nitrogen and oxygen atoms in total. The molecule has 1 aliphatic heterocycles. The molecule has 1 amide bonds. The molecule has 1 fully saturated rings. The van der Waals surface area contributed by atoms with Crippen LogP contribution in [0.1, 0.15) is 18.5 Å². The monoisotopic (exact) mass is 316 g/mol.